The zero-order valence-electron chi connectivity index (χ0n) is 38.2. The summed E-state index contributed by atoms with van der Waals surface area (Å²) in [5, 5.41) is 0. The molecule has 0 heterocycles. The molecular weight excluding hydrogens is 762 g/mol. The lowest BCUT2D eigenvalue weighted by atomic mass is 10.1. The van der Waals surface area contributed by atoms with Crippen LogP contribution in [-0.2, 0) is 32.7 Å². The number of phosphoric acid groups is 1. The highest BCUT2D eigenvalue weighted by Crippen LogP contribution is 2.43. The Hall–Kier alpha value is -2.55. The third-order valence-electron chi connectivity index (χ3n) is 9.57. The zero-order chi connectivity index (χ0) is 43.6. The van der Waals surface area contributed by atoms with Crippen molar-refractivity contribution < 1.29 is 42.1 Å². The maximum Gasteiger partial charge on any atom is 0.472 e. The van der Waals surface area contributed by atoms with E-state index in [9.17, 15) is 19.0 Å². The molecule has 2 atom stereocenters. The third-order valence-corrected chi connectivity index (χ3v) is 10.5. The van der Waals surface area contributed by atoms with Crippen LogP contribution in [0.4, 0.5) is 0 Å². The van der Waals surface area contributed by atoms with Crippen LogP contribution in [0, 0.1) is 0 Å². The number of hydrogen-bond acceptors (Lipinski definition) is 7. The van der Waals surface area contributed by atoms with Crippen molar-refractivity contribution in [3.05, 3.63) is 72.9 Å². The Kier molecular flexibility index (Phi) is 39.1. The SMILES string of the molecule is CC/C=C/C=C/C=C/C=C/CCCCCC(=O)OC(COC(=O)CCCCCCCCC/C=C/C/C=C/CCCCCCCCCC)COP(=O)(O)OCC[N+](C)(C)C. The van der Waals surface area contributed by atoms with Crippen LogP contribution in [0.15, 0.2) is 72.9 Å². The molecule has 0 fully saturated rings. The van der Waals surface area contributed by atoms with Gasteiger partial charge in [0, 0.05) is 12.8 Å². The molecule has 0 spiro atoms. The minimum atomic E-state index is -4.39. The molecule has 0 aromatic carbocycles. The molecule has 0 aromatic rings. The van der Waals surface area contributed by atoms with Gasteiger partial charge in [-0.25, -0.2) is 4.57 Å². The number of ether oxygens (including phenoxy) is 2. The molecule has 1 N–H and O–H groups in total. The number of carbonyl (C=O) groups excluding carboxylic acids is 2. The predicted octanol–water partition coefficient (Wildman–Crippen LogP) is 13.4. The first-order valence-corrected chi connectivity index (χ1v) is 24.7. The predicted molar refractivity (Wildman–Crippen MR) is 247 cm³/mol. The highest BCUT2D eigenvalue weighted by Gasteiger charge is 2.27. The Balaban J connectivity index is 4.33. The minimum absolute atomic E-state index is 0.0186. The van der Waals surface area contributed by atoms with Crippen LogP contribution in [0.1, 0.15) is 174 Å². The number of unbranched alkanes of at least 4 members (excludes halogenated alkanes) is 18. The average molecular weight is 849 g/mol. The van der Waals surface area contributed by atoms with E-state index in [1.807, 2.05) is 57.6 Å². The number of rotatable bonds is 41. The largest absolute Gasteiger partial charge is 0.472 e. The molecule has 59 heavy (non-hydrogen) atoms. The van der Waals surface area contributed by atoms with Gasteiger partial charge in [-0.2, -0.15) is 0 Å². The van der Waals surface area contributed by atoms with Gasteiger partial charge in [-0.1, -0.05) is 170 Å². The van der Waals surface area contributed by atoms with E-state index < -0.39 is 26.5 Å². The van der Waals surface area contributed by atoms with E-state index in [4.69, 9.17) is 18.5 Å². The fourth-order valence-electron chi connectivity index (χ4n) is 5.94. The monoisotopic (exact) mass is 849 g/mol. The Bertz CT molecular complexity index is 1230. The second-order valence-electron chi connectivity index (χ2n) is 16.5. The molecule has 0 aromatic heterocycles. The average Bonchev–Trinajstić information content (AvgIpc) is 3.19. The standard InChI is InChI=1S/C49H86NO8P/c1-6-8-10-12-14-16-18-20-21-22-23-24-25-26-27-28-30-31-33-35-37-39-41-48(51)55-45-47(46-57-59(53,54)56-44-43-50(3,4)5)58-49(52)42-40-38-36-34-32-29-19-17-15-13-11-9-7-2/h9,11,13,15,17,19,22-23,25-26,29,32,47H,6-8,10,12,14,16,18,20-21,24,27-28,30-31,33-46H2,1-5H3/p+1/b11-9+,15-13+,19-17+,23-22+,26-25+,32-29+. The van der Waals surface area contributed by atoms with Gasteiger partial charge in [-0.05, 0) is 64.2 Å². The molecule has 0 aliphatic carbocycles. The quantitative estimate of drug-likeness (QED) is 0.0162. The van der Waals surface area contributed by atoms with E-state index in [1.165, 1.54) is 77.0 Å². The van der Waals surface area contributed by atoms with Gasteiger partial charge in [0.2, 0.25) is 0 Å². The van der Waals surface area contributed by atoms with Crippen LogP contribution in [0.2, 0.25) is 0 Å². The summed E-state index contributed by atoms with van der Waals surface area (Å²) in [5.74, 6) is -0.858. The van der Waals surface area contributed by atoms with Gasteiger partial charge >= 0.3 is 19.8 Å². The number of phosphoric ester groups is 1. The van der Waals surface area contributed by atoms with Crippen molar-refractivity contribution in [1.29, 1.82) is 0 Å². The maximum atomic E-state index is 12.7. The fourth-order valence-corrected chi connectivity index (χ4v) is 6.68. The van der Waals surface area contributed by atoms with Crippen LogP contribution in [-0.4, -0.2) is 74.9 Å². The highest BCUT2D eigenvalue weighted by molar-refractivity contribution is 7.47. The van der Waals surface area contributed by atoms with Crippen LogP contribution >= 0.6 is 7.82 Å². The minimum Gasteiger partial charge on any atom is -0.462 e. The van der Waals surface area contributed by atoms with Gasteiger partial charge in [0.15, 0.2) is 6.10 Å². The molecular formula is C49H87NO8P+. The van der Waals surface area contributed by atoms with Crippen molar-refractivity contribution >= 4 is 19.8 Å². The molecule has 0 rings (SSSR count). The summed E-state index contributed by atoms with van der Waals surface area (Å²) in [5.41, 5.74) is 0. The van der Waals surface area contributed by atoms with Gasteiger partial charge in [0.25, 0.3) is 0 Å². The number of esters is 2. The van der Waals surface area contributed by atoms with Crippen molar-refractivity contribution in [3.8, 4) is 0 Å². The van der Waals surface area contributed by atoms with E-state index in [0.717, 1.165) is 64.2 Å². The van der Waals surface area contributed by atoms with E-state index in [-0.39, 0.29) is 32.0 Å². The third kappa shape index (κ3) is 44.8. The van der Waals surface area contributed by atoms with E-state index >= 15 is 0 Å². The number of likely N-dealkylation sites (N-methyl/N-ethyl adjacent to an activating group) is 1. The van der Waals surface area contributed by atoms with Crippen molar-refractivity contribution in [2.24, 2.45) is 0 Å². The van der Waals surface area contributed by atoms with Gasteiger partial charge < -0.3 is 18.9 Å². The summed E-state index contributed by atoms with van der Waals surface area (Å²) < 4.78 is 34.3. The van der Waals surface area contributed by atoms with E-state index in [1.54, 1.807) is 0 Å². The van der Waals surface area contributed by atoms with Crippen LogP contribution in [0.25, 0.3) is 0 Å². The summed E-state index contributed by atoms with van der Waals surface area (Å²) >= 11 is 0. The zero-order valence-corrected chi connectivity index (χ0v) is 39.1. The van der Waals surface area contributed by atoms with Crippen molar-refractivity contribution in [3.63, 3.8) is 0 Å². The molecule has 340 valence electrons. The first-order valence-electron chi connectivity index (χ1n) is 23.2. The molecule has 2 unspecified atom stereocenters. The molecule has 9 nitrogen and oxygen atoms in total. The van der Waals surface area contributed by atoms with Crippen LogP contribution in [0.3, 0.4) is 0 Å². The Morgan fingerprint density at radius 2 is 1.03 bits per heavy atom. The van der Waals surface area contributed by atoms with Gasteiger partial charge in [0.1, 0.15) is 19.8 Å². The molecule has 10 heteroatoms. The molecule has 0 aliphatic rings. The lowest BCUT2D eigenvalue weighted by Crippen LogP contribution is -2.37. The Morgan fingerprint density at radius 3 is 1.59 bits per heavy atom. The van der Waals surface area contributed by atoms with E-state index in [0.29, 0.717) is 17.4 Å². The summed E-state index contributed by atoms with van der Waals surface area (Å²) in [6, 6.07) is 0. The summed E-state index contributed by atoms with van der Waals surface area (Å²) in [4.78, 5) is 35.4. The Morgan fingerprint density at radius 1 is 0.559 bits per heavy atom. The molecule has 0 aliphatic heterocycles. The molecule has 0 saturated carbocycles. The van der Waals surface area contributed by atoms with Crippen molar-refractivity contribution in [1.82, 2.24) is 0 Å². The smallest absolute Gasteiger partial charge is 0.462 e. The number of carbonyl (C=O) groups is 2. The van der Waals surface area contributed by atoms with Crippen molar-refractivity contribution in [2.75, 3.05) is 47.5 Å². The lowest BCUT2D eigenvalue weighted by molar-refractivity contribution is -0.870. The second kappa shape index (κ2) is 40.8. The van der Waals surface area contributed by atoms with Gasteiger partial charge in [-0.15, -0.1) is 0 Å². The number of hydrogen-bond donors (Lipinski definition) is 1. The second-order valence-corrected chi connectivity index (χ2v) is 17.9. The number of nitrogens with zero attached hydrogens (tertiary/aromatic N) is 1. The topological polar surface area (TPSA) is 108 Å². The van der Waals surface area contributed by atoms with Crippen LogP contribution in [0.5, 0.6) is 0 Å². The summed E-state index contributed by atoms with van der Waals surface area (Å²) in [7, 11) is 1.43. The Labute approximate surface area is 361 Å². The highest BCUT2D eigenvalue weighted by atomic mass is 31.2. The van der Waals surface area contributed by atoms with Crippen molar-refractivity contribution in [2.45, 2.75) is 180 Å². The number of quaternary nitrogens is 1. The molecule has 0 radical (unpaired) electrons. The first-order chi connectivity index (χ1) is 28.5. The molecule has 0 amide bonds. The van der Waals surface area contributed by atoms with Gasteiger partial charge in [0.05, 0.1) is 27.7 Å². The normalized spacial score (nSPS) is 14.2. The van der Waals surface area contributed by atoms with Gasteiger partial charge in [-0.3, -0.25) is 18.6 Å². The molecule has 0 saturated heterocycles. The first kappa shape index (κ1) is 56.5. The fraction of sp³-hybridized carbons (Fsp3) is 0.714. The molecule has 0 bridgehead atoms. The summed E-state index contributed by atoms with van der Waals surface area (Å²) in [6.07, 6.45) is 51.1. The summed E-state index contributed by atoms with van der Waals surface area (Å²) in [6.45, 7) is 4.21. The van der Waals surface area contributed by atoms with Crippen LogP contribution < -0.4 is 0 Å². The number of allylic oxidation sites excluding steroid dienone is 12. The lowest BCUT2D eigenvalue weighted by Gasteiger charge is -2.24. The van der Waals surface area contributed by atoms with E-state index in [2.05, 4.69) is 50.3 Å². The maximum absolute atomic E-state index is 12.7.